The maximum absolute atomic E-state index is 12.2. The minimum atomic E-state index is -3.00. The third kappa shape index (κ3) is 3.65. The molecule has 1 aromatic rings. The number of nitrogens with one attached hydrogen (secondary N) is 1. The van der Waals surface area contributed by atoms with Crippen molar-refractivity contribution in [1.82, 2.24) is 9.62 Å². The van der Waals surface area contributed by atoms with E-state index < -0.39 is 10.0 Å². The fourth-order valence-electron chi connectivity index (χ4n) is 2.90. The normalized spacial score (nSPS) is 21.2. The van der Waals surface area contributed by atoms with Gasteiger partial charge in [-0.05, 0) is 49.8 Å². The molecule has 4 nitrogen and oxygen atoms in total. The predicted molar refractivity (Wildman–Crippen MR) is 89.6 cm³/mol. The topological polar surface area (TPSA) is 49.4 Å². The van der Waals surface area contributed by atoms with Crippen molar-refractivity contribution >= 4 is 21.6 Å². The molecule has 0 aromatic heterocycles. The predicted octanol–water partition coefficient (Wildman–Crippen LogP) is 2.69. The van der Waals surface area contributed by atoms with Gasteiger partial charge in [0.05, 0.1) is 5.25 Å². The van der Waals surface area contributed by atoms with Crippen LogP contribution in [0.2, 0.25) is 5.02 Å². The first kappa shape index (κ1) is 16.2. The number of aryl methyl sites for hydroxylation is 1. The van der Waals surface area contributed by atoms with Crippen LogP contribution < -0.4 is 5.32 Å². The molecule has 0 unspecified atom stereocenters. The van der Waals surface area contributed by atoms with Gasteiger partial charge < -0.3 is 5.32 Å². The van der Waals surface area contributed by atoms with E-state index in [1.165, 1.54) is 5.56 Å². The van der Waals surface area contributed by atoms with Crippen molar-refractivity contribution in [3.8, 4) is 0 Å². The van der Waals surface area contributed by atoms with Crippen LogP contribution in [0.25, 0.3) is 0 Å². The Labute approximate surface area is 137 Å². The van der Waals surface area contributed by atoms with Crippen LogP contribution in [-0.4, -0.2) is 37.1 Å². The fourth-order valence-corrected chi connectivity index (χ4v) is 4.98. The zero-order chi connectivity index (χ0) is 15.7. The van der Waals surface area contributed by atoms with Crippen LogP contribution in [0, 0.1) is 6.92 Å². The van der Waals surface area contributed by atoms with Crippen molar-refractivity contribution in [1.29, 1.82) is 0 Å². The quantitative estimate of drug-likeness (QED) is 0.895. The van der Waals surface area contributed by atoms with Crippen LogP contribution >= 0.6 is 11.6 Å². The summed E-state index contributed by atoms with van der Waals surface area (Å²) in [5.41, 5.74) is 2.26. The molecule has 3 rings (SSSR count). The molecule has 1 aromatic carbocycles. The number of benzene rings is 1. The molecule has 0 bridgehead atoms. The molecule has 1 saturated heterocycles. The number of nitrogens with zero attached hydrogens (tertiary/aromatic N) is 1. The molecule has 1 saturated carbocycles. The van der Waals surface area contributed by atoms with E-state index in [1.807, 2.05) is 19.1 Å². The second kappa shape index (κ2) is 6.48. The van der Waals surface area contributed by atoms with E-state index in [2.05, 4.69) is 11.4 Å². The van der Waals surface area contributed by atoms with Crippen LogP contribution in [0.4, 0.5) is 0 Å². The average molecular weight is 343 g/mol. The fraction of sp³-hybridized carbons (Fsp3) is 0.625. The minimum Gasteiger partial charge on any atom is -0.310 e. The summed E-state index contributed by atoms with van der Waals surface area (Å²) in [6.45, 7) is 4.06. The maximum atomic E-state index is 12.2. The molecular weight excluding hydrogens is 320 g/mol. The maximum Gasteiger partial charge on any atom is 0.216 e. The average Bonchev–Trinajstić information content (AvgIpc) is 3.34. The summed E-state index contributed by atoms with van der Waals surface area (Å²) >= 11 is 6.14. The van der Waals surface area contributed by atoms with Crippen molar-refractivity contribution in [3.63, 3.8) is 0 Å². The zero-order valence-electron chi connectivity index (χ0n) is 12.9. The van der Waals surface area contributed by atoms with Crippen LogP contribution in [0.5, 0.6) is 0 Å². The van der Waals surface area contributed by atoms with Gasteiger partial charge in [-0.3, -0.25) is 0 Å². The summed E-state index contributed by atoms with van der Waals surface area (Å²) in [7, 11) is -3.00. The highest BCUT2D eigenvalue weighted by Crippen LogP contribution is 2.32. The van der Waals surface area contributed by atoms with Gasteiger partial charge in [-0.25, -0.2) is 12.7 Å². The van der Waals surface area contributed by atoms with Gasteiger partial charge in [-0.2, -0.15) is 0 Å². The van der Waals surface area contributed by atoms with Crippen LogP contribution in [-0.2, 0) is 16.6 Å². The Hall–Kier alpha value is -0.620. The van der Waals surface area contributed by atoms with E-state index in [9.17, 15) is 8.42 Å². The second-order valence-corrected chi connectivity index (χ2v) is 9.00. The molecule has 2 fully saturated rings. The summed E-state index contributed by atoms with van der Waals surface area (Å²) in [5.74, 6) is 0. The molecule has 22 heavy (non-hydrogen) atoms. The van der Waals surface area contributed by atoms with Crippen molar-refractivity contribution in [2.24, 2.45) is 0 Å². The largest absolute Gasteiger partial charge is 0.310 e. The lowest BCUT2D eigenvalue weighted by Gasteiger charge is -2.31. The molecule has 6 heteroatoms. The second-order valence-electron chi connectivity index (χ2n) is 6.38. The Balaban J connectivity index is 1.48. The summed E-state index contributed by atoms with van der Waals surface area (Å²) in [6, 6.07) is 6.49. The van der Waals surface area contributed by atoms with Gasteiger partial charge in [0, 0.05) is 30.7 Å². The standard InChI is InChI=1S/C16H23ClN2O2S/c1-12-2-3-13(10-16(12)17)11-18-14-6-8-19(9-7-14)22(20,21)15-4-5-15/h2-3,10,14-15,18H,4-9,11H2,1H3. The zero-order valence-corrected chi connectivity index (χ0v) is 14.5. The van der Waals surface area contributed by atoms with E-state index in [0.29, 0.717) is 19.1 Å². The summed E-state index contributed by atoms with van der Waals surface area (Å²) in [5, 5.41) is 4.23. The third-order valence-electron chi connectivity index (χ3n) is 4.59. The number of piperidine rings is 1. The van der Waals surface area contributed by atoms with Gasteiger partial charge in [0.2, 0.25) is 10.0 Å². The Morgan fingerprint density at radius 3 is 2.50 bits per heavy atom. The number of hydrogen-bond acceptors (Lipinski definition) is 3. The Morgan fingerprint density at radius 1 is 1.23 bits per heavy atom. The first-order valence-electron chi connectivity index (χ1n) is 7.94. The summed E-state index contributed by atoms with van der Waals surface area (Å²) in [6.07, 6.45) is 3.44. The first-order chi connectivity index (χ1) is 10.5. The van der Waals surface area contributed by atoms with E-state index >= 15 is 0 Å². The minimum absolute atomic E-state index is 0.0910. The first-order valence-corrected chi connectivity index (χ1v) is 9.82. The number of halogens is 1. The van der Waals surface area contributed by atoms with E-state index in [4.69, 9.17) is 11.6 Å². The van der Waals surface area contributed by atoms with Crippen molar-refractivity contribution < 1.29 is 8.42 Å². The molecule has 122 valence electrons. The van der Waals surface area contributed by atoms with Crippen molar-refractivity contribution in [2.75, 3.05) is 13.1 Å². The molecule has 0 radical (unpaired) electrons. The third-order valence-corrected chi connectivity index (χ3v) is 7.40. The molecule has 0 spiro atoms. The van der Waals surface area contributed by atoms with E-state index in [1.54, 1.807) is 4.31 Å². The summed E-state index contributed by atoms with van der Waals surface area (Å²) < 4.78 is 26.1. The van der Waals surface area contributed by atoms with Crippen molar-refractivity contribution in [3.05, 3.63) is 34.3 Å². The Morgan fingerprint density at radius 2 is 1.91 bits per heavy atom. The van der Waals surface area contributed by atoms with E-state index in [-0.39, 0.29) is 5.25 Å². The smallest absolute Gasteiger partial charge is 0.216 e. The molecule has 0 atom stereocenters. The molecular formula is C16H23ClN2O2S. The van der Waals surface area contributed by atoms with Crippen LogP contribution in [0.1, 0.15) is 36.8 Å². The van der Waals surface area contributed by atoms with Gasteiger partial charge in [0.15, 0.2) is 0 Å². The van der Waals surface area contributed by atoms with Crippen molar-refractivity contribution in [2.45, 2.75) is 50.4 Å². The lowest BCUT2D eigenvalue weighted by molar-refractivity contribution is 0.288. The molecule has 1 N–H and O–H groups in total. The monoisotopic (exact) mass is 342 g/mol. The highest BCUT2D eigenvalue weighted by Gasteiger charge is 2.41. The van der Waals surface area contributed by atoms with Crippen LogP contribution in [0.3, 0.4) is 0 Å². The van der Waals surface area contributed by atoms with Gasteiger partial charge in [0.1, 0.15) is 0 Å². The van der Waals surface area contributed by atoms with Gasteiger partial charge in [-0.1, -0.05) is 23.7 Å². The van der Waals surface area contributed by atoms with Crippen LogP contribution in [0.15, 0.2) is 18.2 Å². The van der Waals surface area contributed by atoms with E-state index in [0.717, 1.165) is 42.8 Å². The molecule has 1 aliphatic heterocycles. The van der Waals surface area contributed by atoms with Gasteiger partial charge in [0.25, 0.3) is 0 Å². The Kier molecular flexibility index (Phi) is 4.78. The van der Waals surface area contributed by atoms with Gasteiger partial charge in [-0.15, -0.1) is 0 Å². The highest BCUT2D eigenvalue weighted by molar-refractivity contribution is 7.90. The molecule has 1 heterocycles. The highest BCUT2D eigenvalue weighted by atomic mass is 35.5. The molecule has 2 aliphatic rings. The number of hydrogen-bond donors (Lipinski definition) is 1. The number of rotatable bonds is 5. The molecule has 0 amide bonds. The lowest BCUT2D eigenvalue weighted by Crippen LogP contribution is -2.45. The summed E-state index contributed by atoms with van der Waals surface area (Å²) in [4.78, 5) is 0. The SMILES string of the molecule is Cc1ccc(CNC2CCN(S(=O)(=O)C3CC3)CC2)cc1Cl. The number of sulfonamides is 1. The molecule has 1 aliphatic carbocycles. The van der Waals surface area contributed by atoms with Gasteiger partial charge >= 0.3 is 0 Å². The lowest BCUT2D eigenvalue weighted by atomic mass is 10.1. The Bertz CT molecular complexity index is 636.